The number of tetrazole rings is 1. The number of oxime groups is 1. The third-order valence-corrected chi connectivity index (χ3v) is 7.34. The zero-order chi connectivity index (χ0) is 26.7. The topological polar surface area (TPSA) is 268 Å². The number of H-pyrrole nitrogens is 2. The van der Waals surface area contributed by atoms with Crippen LogP contribution in [-0.4, -0.2) is 104 Å². The molecule has 0 radical (unpaired) electrons. The van der Waals surface area contributed by atoms with Crippen LogP contribution in [0.4, 0.5) is 16.7 Å². The number of rotatable bonds is 10. The predicted molar refractivity (Wildman–Crippen MR) is 123 cm³/mol. The highest BCUT2D eigenvalue weighted by atomic mass is 32.2. The van der Waals surface area contributed by atoms with Crippen molar-refractivity contribution in [2.75, 3.05) is 17.7 Å². The molecule has 6 N–H and O–H groups in total. The zero-order valence-corrected chi connectivity index (χ0v) is 20.2. The van der Waals surface area contributed by atoms with Gasteiger partial charge in [-0.2, -0.15) is 10.2 Å². The Hall–Kier alpha value is -4.40. The van der Waals surface area contributed by atoms with Gasteiger partial charge in [-0.15, -0.1) is 27.1 Å². The molecule has 1 saturated heterocycles. The normalized spacial score (nSPS) is 19.8. The van der Waals surface area contributed by atoms with E-state index in [1.807, 2.05) is 0 Å². The number of thioether (sulfide) groups is 2. The van der Waals surface area contributed by atoms with Gasteiger partial charge in [-0.1, -0.05) is 16.9 Å². The van der Waals surface area contributed by atoms with E-state index in [0.29, 0.717) is 0 Å². The third-order valence-electron chi connectivity index (χ3n) is 4.84. The summed E-state index contributed by atoms with van der Waals surface area (Å²) in [6.45, 7) is 0. The number of carboxylic acids is 1. The zero-order valence-electron chi connectivity index (χ0n) is 18.5. The molecule has 2 aromatic rings. The summed E-state index contributed by atoms with van der Waals surface area (Å²) in [5, 5.41) is 39.2. The number of nitrogens with two attached hydrogens (primary N) is 1. The van der Waals surface area contributed by atoms with Gasteiger partial charge in [-0.3, -0.25) is 24.2 Å². The Balaban J connectivity index is 1.92. The number of aliphatic carboxylic acids is 1. The molecule has 0 saturated carbocycles. The van der Waals surface area contributed by atoms with Gasteiger partial charge in [-0.25, -0.2) is 9.89 Å². The summed E-state index contributed by atoms with van der Waals surface area (Å²) in [4.78, 5) is 59.9. The molecule has 2 aromatic heterocycles. The van der Waals surface area contributed by atoms with Crippen LogP contribution >= 0.6 is 23.5 Å². The largest absolute Gasteiger partial charge is 0.512 e. The van der Waals surface area contributed by atoms with Crippen molar-refractivity contribution in [3.63, 3.8) is 0 Å². The number of aromatic amines is 2. The monoisotopic (exact) mass is 555 g/mol. The van der Waals surface area contributed by atoms with Crippen molar-refractivity contribution in [1.29, 1.82) is 0 Å². The number of nitrogen functional groups attached to an aromatic ring is 1. The number of hydrogen-bond acceptors (Lipinski definition) is 15. The maximum Gasteiger partial charge on any atom is 0.512 e. The molecule has 2 amide bonds. The van der Waals surface area contributed by atoms with Crippen LogP contribution in [0.3, 0.4) is 0 Å². The molecule has 0 aromatic carbocycles. The number of nitrogens with one attached hydrogen (secondary N) is 2. The average Bonchev–Trinajstić information content (AvgIpc) is 3.48. The van der Waals surface area contributed by atoms with Crippen molar-refractivity contribution in [3.8, 4) is 0 Å². The molecule has 4 heterocycles. The van der Waals surface area contributed by atoms with Crippen LogP contribution in [-0.2, 0) is 24.0 Å². The van der Waals surface area contributed by atoms with Gasteiger partial charge in [-0.05, 0) is 5.21 Å². The summed E-state index contributed by atoms with van der Waals surface area (Å²) < 4.78 is 5.02. The first-order valence-corrected chi connectivity index (χ1v) is 11.8. The second-order valence-corrected chi connectivity index (χ2v) is 9.52. The highest BCUT2D eigenvalue weighted by Crippen LogP contribution is 2.49. The Morgan fingerprint density at radius 3 is 2.76 bits per heavy atom. The number of aromatic nitrogens is 7. The molecule has 37 heavy (non-hydrogen) atoms. The first kappa shape index (κ1) is 25.7. The molecule has 196 valence electrons. The van der Waals surface area contributed by atoms with Crippen LogP contribution in [0.5, 0.6) is 0 Å². The quantitative estimate of drug-likeness (QED) is 0.0776. The molecule has 3 atom stereocenters. The summed E-state index contributed by atoms with van der Waals surface area (Å²) in [7, 11) is 1.21. The smallest absolute Gasteiger partial charge is 0.481 e. The summed E-state index contributed by atoms with van der Waals surface area (Å²) >= 11 is 1.83. The fourth-order valence-corrected chi connectivity index (χ4v) is 6.16. The van der Waals surface area contributed by atoms with E-state index in [-0.39, 0.29) is 29.0 Å². The average molecular weight is 556 g/mol. The number of fused-ring (bicyclic) bond motifs is 1. The molecule has 0 aliphatic carbocycles. The van der Waals surface area contributed by atoms with Crippen molar-refractivity contribution in [3.05, 3.63) is 11.5 Å². The van der Waals surface area contributed by atoms with Crippen molar-refractivity contribution in [1.82, 2.24) is 40.7 Å². The van der Waals surface area contributed by atoms with Gasteiger partial charge >= 0.3 is 12.1 Å². The lowest BCUT2D eigenvalue weighted by atomic mass is 10.1. The van der Waals surface area contributed by atoms with Gasteiger partial charge < -0.3 is 25.5 Å². The van der Waals surface area contributed by atoms with Crippen molar-refractivity contribution < 1.29 is 39.0 Å². The number of carboxylic acid groups (broad SMARTS) is 2. The summed E-state index contributed by atoms with van der Waals surface area (Å²) in [5.41, 5.74) is 5.59. The Kier molecular flexibility index (Phi) is 7.42. The Bertz CT molecular complexity index is 1270. The van der Waals surface area contributed by atoms with Crippen LogP contribution in [0.2, 0.25) is 0 Å². The van der Waals surface area contributed by atoms with Gasteiger partial charge in [0.2, 0.25) is 22.9 Å². The highest BCUT2D eigenvalue weighted by Gasteiger charge is 2.53. The van der Waals surface area contributed by atoms with Crippen LogP contribution in [0.25, 0.3) is 0 Å². The second kappa shape index (κ2) is 10.7. The van der Waals surface area contributed by atoms with E-state index >= 15 is 0 Å². The standard InChI is InChI=1S/C16H17N11O8S2/c1-34-18-4-7(29)27(14-19-13(17)20-21-14)12-10(5(2-9(30)31)36-15-22-24-25-23-15)11(35-16(32)33)26-6(28)3-8(26)37-12/h4-5,8,12H,2-3H2,1H3,(H,30,31)(H,32,33)(H3,17,19,20,21)(H,22,23,24,25)/t5?,8-,12?/m0/s1. The molecule has 2 aliphatic rings. The fraction of sp³-hybridized carbons (Fsp3) is 0.375. The minimum Gasteiger partial charge on any atom is -0.481 e. The minimum atomic E-state index is -1.77. The number of carbonyl (C=O) groups is 4. The van der Waals surface area contributed by atoms with Crippen LogP contribution < -0.4 is 10.6 Å². The Morgan fingerprint density at radius 2 is 2.19 bits per heavy atom. The number of β-lactam (4-membered cyclic amide) rings is 1. The molecule has 2 unspecified atom stereocenters. The molecule has 19 nitrogen and oxygen atoms in total. The first-order chi connectivity index (χ1) is 17.7. The summed E-state index contributed by atoms with van der Waals surface area (Å²) in [5.74, 6) is -3.43. The molecule has 0 spiro atoms. The number of nitrogens with zero attached hydrogens (tertiary/aromatic N) is 8. The van der Waals surface area contributed by atoms with Crippen molar-refractivity contribution >= 4 is 65.6 Å². The molecule has 1 fully saturated rings. The molecule has 2 aliphatic heterocycles. The van der Waals surface area contributed by atoms with E-state index in [1.54, 1.807) is 0 Å². The lowest BCUT2D eigenvalue weighted by Crippen LogP contribution is -2.58. The number of ether oxygens (including phenoxy) is 1. The number of hydrogen-bond donors (Lipinski definition) is 5. The summed E-state index contributed by atoms with van der Waals surface area (Å²) in [6, 6.07) is 0. The van der Waals surface area contributed by atoms with Crippen LogP contribution in [0, 0.1) is 0 Å². The molecule has 0 bridgehead atoms. The lowest BCUT2D eigenvalue weighted by molar-refractivity contribution is -0.142. The van der Waals surface area contributed by atoms with E-state index in [1.165, 1.54) is 7.11 Å². The van der Waals surface area contributed by atoms with E-state index in [2.05, 4.69) is 45.8 Å². The van der Waals surface area contributed by atoms with Crippen LogP contribution in [0.15, 0.2) is 21.8 Å². The SMILES string of the molecule is CON=CC(=O)N(c1n[nH]c(N)n1)C1S[C@H]2CC(=O)N2C(OC(=O)O)=C1C(CC(=O)O)Sc1nn[nH]n1. The molecular formula is C16H17N11O8S2. The fourth-order valence-electron chi connectivity index (χ4n) is 3.45. The van der Waals surface area contributed by atoms with Gasteiger partial charge in [0.1, 0.15) is 18.7 Å². The van der Waals surface area contributed by atoms with E-state index < -0.39 is 52.2 Å². The number of amides is 2. The van der Waals surface area contributed by atoms with Crippen molar-refractivity contribution in [2.45, 2.75) is 34.0 Å². The van der Waals surface area contributed by atoms with Gasteiger partial charge in [0.15, 0.2) is 0 Å². The van der Waals surface area contributed by atoms with Crippen LogP contribution in [0.1, 0.15) is 12.8 Å². The molecular weight excluding hydrogens is 538 g/mol. The maximum absolute atomic E-state index is 13.2. The first-order valence-electron chi connectivity index (χ1n) is 10.0. The molecule has 4 rings (SSSR count). The maximum atomic E-state index is 13.2. The van der Waals surface area contributed by atoms with Gasteiger partial charge in [0.25, 0.3) is 11.9 Å². The summed E-state index contributed by atoms with van der Waals surface area (Å²) in [6.07, 6.45) is -1.59. The predicted octanol–water partition coefficient (Wildman–Crippen LogP) is -0.962. The van der Waals surface area contributed by atoms with Crippen molar-refractivity contribution in [2.24, 2.45) is 5.16 Å². The van der Waals surface area contributed by atoms with Gasteiger partial charge in [0.05, 0.1) is 23.5 Å². The van der Waals surface area contributed by atoms with E-state index in [9.17, 15) is 29.4 Å². The number of carbonyl (C=O) groups excluding carboxylic acids is 2. The second-order valence-electron chi connectivity index (χ2n) is 7.08. The van der Waals surface area contributed by atoms with E-state index in [0.717, 1.165) is 39.5 Å². The number of anilines is 2. The Morgan fingerprint density at radius 1 is 1.41 bits per heavy atom. The highest BCUT2D eigenvalue weighted by molar-refractivity contribution is 8.01. The third kappa shape index (κ3) is 5.40. The van der Waals surface area contributed by atoms with E-state index in [4.69, 9.17) is 10.5 Å². The van der Waals surface area contributed by atoms with Gasteiger partial charge in [0, 0.05) is 5.57 Å². The minimum absolute atomic E-state index is 0.00711. The lowest BCUT2D eigenvalue weighted by Gasteiger charge is -2.48. The molecule has 21 heteroatoms. The Labute approximate surface area is 213 Å².